The molecule has 0 aliphatic carbocycles. The number of ether oxygens (including phenoxy) is 2. The molecule has 4 N–H and O–H groups in total. The fourth-order valence-corrected chi connectivity index (χ4v) is 6.91. The van der Waals surface area contributed by atoms with Crippen molar-refractivity contribution < 1.29 is 43.7 Å². The molecule has 290 valence electrons. The molecular weight excluding hydrogens is 658 g/mol. The van der Waals surface area contributed by atoms with Crippen molar-refractivity contribution >= 4 is 29.7 Å². The van der Waals surface area contributed by atoms with Crippen LogP contribution in [-0.2, 0) is 28.7 Å². The van der Waals surface area contributed by atoms with E-state index < -0.39 is 60.3 Å². The van der Waals surface area contributed by atoms with Gasteiger partial charge in [0.25, 0.3) is 0 Å². The second-order valence-electron chi connectivity index (χ2n) is 13.8. The normalized spacial score (nSPS) is 19.5. The highest BCUT2D eigenvalue weighted by molar-refractivity contribution is 5.89. The molecule has 51 heavy (non-hydrogen) atoms. The van der Waals surface area contributed by atoms with Crippen LogP contribution in [0.3, 0.4) is 0 Å². The summed E-state index contributed by atoms with van der Waals surface area (Å²) in [6.45, 7) is 18.3. The number of likely N-dealkylation sites (tertiary alicyclic amines) is 1. The maximum Gasteiger partial charge on any atom is 0.407 e. The van der Waals surface area contributed by atoms with Crippen LogP contribution in [0.5, 0.6) is 0 Å². The van der Waals surface area contributed by atoms with Gasteiger partial charge in [-0.15, -0.1) is 0 Å². The molecule has 0 aromatic rings. The molecule has 0 bridgehead atoms. The van der Waals surface area contributed by atoms with Gasteiger partial charge in [0.1, 0.15) is 6.04 Å². The van der Waals surface area contributed by atoms with Crippen molar-refractivity contribution in [3.8, 4) is 0 Å². The first-order chi connectivity index (χ1) is 23.9. The largest absolute Gasteiger partial charge is 0.465 e. The third kappa shape index (κ3) is 12.2. The summed E-state index contributed by atoms with van der Waals surface area (Å²) in [5.74, 6) is -2.60. The maximum absolute atomic E-state index is 14.0. The Morgan fingerprint density at radius 1 is 1.00 bits per heavy atom. The summed E-state index contributed by atoms with van der Waals surface area (Å²) >= 11 is 0. The second-order valence-corrected chi connectivity index (χ2v) is 13.8. The Morgan fingerprint density at radius 2 is 1.63 bits per heavy atom. The number of likely N-dealkylation sites (N-methyl/N-ethyl adjacent to an activating group) is 2. The van der Waals surface area contributed by atoms with Crippen molar-refractivity contribution in [2.75, 3.05) is 41.4 Å². The summed E-state index contributed by atoms with van der Waals surface area (Å²) in [6, 6.07) is -2.52. The molecule has 1 aliphatic heterocycles. The molecule has 5 amide bonds. The van der Waals surface area contributed by atoms with E-state index in [2.05, 4.69) is 23.8 Å². The molecule has 9 unspecified atom stereocenters. The number of carbonyl (C=O) groups is 5. The van der Waals surface area contributed by atoms with Crippen LogP contribution in [0.25, 0.3) is 0 Å². The van der Waals surface area contributed by atoms with E-state index in [4.69, 9.17) is 9.47 Å². The highest BCUT2D eigenvalue weighted by atomic mass is 16.5. The van der Waals surface area contributed by atoms with E-state index in [0.29, 0.717) is 31.4 Å². The number of hydrogen-bond donors (Lipinski definition) is 4. The van der Waals surface area contributed by atoms with E-state index in [1.807, 2.05) is 13.8 Å². The van der Waals surface area contributed by atoms with Crippen molar-refractivity contribution in [1.29, 1.82) is 0 Å². The van der Waals surface area contributed by atoms with Crippen LogP contribution in [0.4, 0.5) is 4.79 Å². The molecule has 14 heteroatoms. The van der Waals surface area contributed by atoms with Gasteiger partial charge in [0, 0.05) is 34.9 Å². The fourth-order valence-electron chi connectivity index (χ4n) is 6.91. The van der Waals surface area contributed by atoms with Gasteiger partial charge in [-0.05, 0) is 37.2 Å². The molecule has 14 nitrogen and oxygen atoms in total. The van der Waals surface area contributed by atoms with Crippen LogP contribution in [0, 0.1) is 17.8 Å². The average molecular weight is 722 g/mol. The number of carboxylic acid groups (broad SMARTS) is 1. The van der Waals surface area contributed by atoms with Crippen molar-refractivity contribution in [2.24, 2.45) is 17.8 Å². The Balaban J connectivity index is 3.13. The van der Waals surface area contributed by atoms with Crippen molar-refractivity contribution in [3.05, 3.63) is 37.0 Å². The van der Waals surface area contributed by atoms with Gasteiger partial charge in [-0.2, -0.15) is 0 Å². The van der Waals surface area contributed by atoms with Crippen LogP contribution in [0.2, 0.25) is 0 Å². The van der Waals surface area contributed by atoms with Crippen molar-refractivity contribution in [1.82, 2.24) is 25.3 Å². The summed E-state index contributed by atoms with van der Waals surface area (Å²) in [5, 5.41) is 25.6. The molecule has 1 fully saturated rings. The number of carbonyl (C=O) groups excluding carboxylic acids is 4. The third-order valence-corrected chi connectivity index (χ3v) is 10.1. The van der Waals surface area contributed by atoms with E-state index in [1.165, 1.54) is 38.3 Å². The number of allylic oxidation sites excluding steroid dienone is 2. The highest BCUT2D eigenvalue weighted by Crippen LogP contribution is 2.29. The average Bonchev–Trinajstić information content (AvgIpc) is 3.58. The third-order valence-electron chi connectivity index (χ3n) is 10.1. The predicted molar refractivity (Wildman–Crippen MR) is 196 cm³/mol. The van der Waals surface area contributed by atoms with Gasteiger partial charge in [0.05, 0.1) is 55.3 Å². The van der Waals surface area contributed by atoms with Crippen molar-refractivity contribution in [2.45, 2.75) is 110 Å². The van der Waals surface area contributed by atoms with Crippen LogP contribution < -0.4 is 10.6 Å². The van der Waals surface area contributed by atoms with Gasteiger partial charge in [-0.25, -0.2) is 4.79 Å². The quantitative estimate of drug-likeness (QED) is 0.130. The molecule has 0 aromatic carbocycles. The molecule has 1 rings (SSSR count). The molecule has 0 saturated carbocycles. The zero-order valence-electron chi connectivity index (χ0n) is 32.3. The molecule has 0 spiro atoms. The Morgan fingerprint density at radius 3 is 2.12 bits per heavy atom. The monoisotopic (exact) mass is 721 g/mol. The van der Waals surface area contributed by atoms with Crippen LogP contribution >= 0.6 is 0 Å². The number of methoxy groups -OCH3 is 2. The summed E-state index contributed by atoms with van der Waals surface area (Å²) < 4.78 is 11.7. The minimum Gasteiger partial charge on any atom is -0.465 e. The van der Waals surface area contributed by atoms with E-state index in [-0.39, 0.29) is 42.7 Å². The number of rotatable bonds is 21. The van der Waals surface area contributed by atoms with Gasteiger partial charge < -0.3 is 40.1 Å². The molecule has 1 aliphatic rings. The number of hydrogen-bond acceptors (Lipinski definition) is 8. The number of aliphatic hydroxyl groups excluding tert-OH is 1. The van der Waals surface area contributed by atoms with Crippen LogP contribution in [0.1, 0.15) is 67.2 Å². The first-order valence-electron chi connectivity index (χ1n) is 17.7. The lowest BCUT2D eigenvalue weighted by molar-refractivity contribution is -0.146. The standard InChI is InChI=1S/C37H63N5O9/c1-13-17-26(15-3)33(45)25(8)39-35(46)24(7)34(51-12)27-18-16-19-42(27)29(43)20-28(50-11)32(23(6)14-2)40(9)30(44)21-38-36(47)31(22(4)5)41(10)37(48)49/h13,15,17,22-25,27-28,31-34,45H,1,3,14,16,18-21H2,2,4-12H3,(H,38,47)(H,39,46)(H,48,49)/b26-17+. The molecular formula is C37H63N5O9. The van der Waals surface area contributed by atoms with E-state index in [0.717, 1.165) is 4.90 Å². The van der Waals surface area contributed by atoms with E-state index in [1.54, 1.807) is 45.7 Å². The predicted octanol–water partition coefficient (Wildman–Crippen LogP) is 2.82. The Hall–Kier alpha value is -3.75. The smallest absolute Gasteiger partial charge is 0.407 e. The Bertz CT molecular complexity index is 1240. The topological polar surface area (TPSA) is 178 Å². The number of nitrogens with zero attached hydrogens (tertiary/aromatic N) is 3. The van der Waals surface area contributed by atoms with Crippen molar-refractivity contribution in [3.63, 3.8) is 0 Å². The zero-order valence-corrected chi connectivity index (χ0v) is 32.3. The Kier molecular flexibility index (Phi) is 19.2. The minimum atomic E-state index is -1.25. The molecule has 1 saturated heterocycles. The lowest BCUT2D eigenvalue weighted by atomic mass is 9.90. The lowest BCUT2D eigenvalue weighted by Crippen LogP contribution is -2.56. The lowest BCUT2D eigenvalue weighted by Gasteiger charge is -2.39. The number of nitrogens with one attached hydrogen (secondary N) is 2. The first-order valence-corrected chi connectivity index (χ1v) is 17.7. The van der Waals surface area contributed by atoms with E-state index in [9.17, 15) is 34.2 Å². The Labute approximate surface area is 304 Å². The fraction of sp³-hybridized carbons (Fsp3) is 0.703. The minimum absolute atomic E-state index is 0.0367. The SMILES string of the molecule is C=C/C=C(\C=C)C(O)C(C)NC(=O)C(C)C(OC)C1CCCN1C(=O)CC(OC)C(C(C)CC)N(C)C(=O)CNC(=O)C(C(C)C)N(C)C(=O)O. The highest BCUT2D eigenvalue weighted by Gasteiger charge is 2.42. The maximum atomic E-state index is 14.0. The van der Waals surface area contributed by atoms with Crippen LogP contribution in [0.15, 0.2) is 37.0 Å². The first kappa shape index (κ1) is 45.3. The number of amides is 5. The van der Waals surface area contributed by atoms with Gasteiger partial charge >= 0.3 is 6.09 Å². The van der Waals surface area contributed by atoms with Gasteiger partial charge in [0.2, 0.25) is 23.6 Å². The molecule has 0 radical (unpaired) electrons. The van der Waals surface area contributed by atoms with E-state index >= 15 is 0 Å². The zero-order chi connectivity index (χ0) is 39.2. The summed E-state index contributed by atoms with van der Waals surface area (Å²) in [5.41, 5.74) is 0.519. The van der Waals surface area contributed by atoms with Crippen LogP contribution in [-0.4, -0.2) is 139 Å². The van der Waals surface area contributed by atoms with Gasteiger partial charge in [-0.1, -0.05) is 72.4 Å². The molecule has 9 atom stereocenters. The van der Waals surface area contributed by atoms with Gasteiger partial charge in [-0.3, -0.25) is 24.1 Å². The number of aliphatic hydroxyl groups is 1. The summed E-state index contributed by atoms with van der Waals surface area (Å²) in [4.78, 5) is 69.4. The van der Waals surface area contributed by atoms with Gasteiger partial charge in [0.15, 0.2) is 0 Å². The summed E-state index contributed by atoms with van der Waals surface area (Å²) in [7, 11) is 5.92. The summed E-state index contributed by atoms with van der Waals surface area (Å²) in [6.07, 6.45) is 3.09. The molecule has 1 heterocycles. The second kappa shape index (κ2) is 21.6. The molecule has 0 aromatic heterocycles.